The summed E-state index contributed by atoms with van der Waals surface area (Å²) in [5.74, 6) is 0.728. The lowest BCUT2D eigenvalue weighted by molar-refractivity contribution is 0.102. The molecule has 0 spiro atoms. The molecule has 0 aliphatic rings. The molecule has 0 radical (unpaired) electrons. The molecule has 162 valence electrons. The van der Waals surface area contributed by atoms with E-state index < -0.39 is 5.82 Å². The largest absolute Gasteiger partial charge is 0.493 e. The first-order valence-corrected chi connectivity index (χ1v) is 10.3. The summed E-state index contributed by atoms with van der Waals surface area (Å²) >= 11 is 0. The third-order valence-corrected chi connectivity index (χ3v) is 4.78. The quantitative estimate of drug-likeness (QED) is 0.483. The number of anilines is 1. The molecule has 0 aromatic heterocycles. The van der Waals surface area contributed by atoms with Crippen molar-refractivity contribution in [3.8, 4) is 11.5 Å². The highest BCUT2D eigenvalue weighted by atomic mass is 19.1. The summed E-state index contributed by atoms with van der Waals surface area (Å²) in [6, 6.07) is 18.9. The van der Waals surface area contributed by atoms with Gasteiger partial charge in [-0.05, 0) is 60.4 Å². The average Bonchev–Trinajstić information content (AvgIpc) is 2.72. The van der Waals surface area contributed by atoms with Crippen LogP contribution in [0.1, 0.15) is 49.2 Å². The maximum atomic E-state index is 13.4. The molecule has 0 heterocycles. The zero-order chi connectivity index (χ0) is 22.4. The predicted molar refractivity (Wildman–Crippen MR) is 121 cm³/mol. The monoisotopic (exact) mass is 421 g/mol. The standard InChI is InChI=1S/C26H28FNO3/c1-5-30-23-14-13-18(25(29)28-21-10-8-9-20(27)16-21)15-19(23)17-31-24-12-7-6-11-22(24)26(2,3)4/h6-16H,5,17H2,1-4H3,(H,28,29). The van der Waals surface area contributed by atoms with Crippen LogP contribution in [0.3, 0.4) is 0 Å². The Morgan fingerprint density at radius 2 is 1.71 bits per heavy atom. The van der Waals surface area contributed by atoms with Crippen LogP contribution in [0, 0.1) is 5.82 Å². The van der Waals surface area contributed by atoms with E-state index >= 15 is 0 Å². The Balaban J connectivity index is 1.83. The molecule has 1 N–H and O–H groups in total. The Labute approximate surface area is 183 Å². The molecule has 0 aliphatic heterocycles. The highest BCUT2D eigenvalue weighted by Crippen LogP contribution is 2.32. The van der Waals surface area contributed by atoms with Crippen LogP contribution in [-0.4, -0.2) is 12.5 Å². The van der Waals surface area contributed by atoms with Crippen LogP contribution >= 0.6 is 0 Å². The summed E-state index contributed by atoms with van der Waals surface area (Å²) < 4.78 is 25.3. The molecule has 0 bridgehead atoms. The highest BCUT2D eigenvalue weighted by molar-refractivity contribution is 6.04. The van der Waals surface area contributed by atoms with Crippen molar-refractivity contribution in [3.63, 3.8) is 0 Å². The molecule has 0 aliphatic carbocycles. The molecule has 0 fully saturated rings. The van der Waals surface area contributed by atoms with E-state index in [-0.39, 0.29) is 17.9 Å². The highest BCUT2D eigenvalue weighted by Gasteiger charge is 2.19. The number of para-hydroxylation sites is 1. The van der Waals surface area contributed by atoms with Crippen molar-refractivity contribution in [2.24, 2.45) is 0 Å². The Bertz CT molecular complexity index is 1060. The Kier molecular flexibility index (Phi) is 6.95. The minimum absolute atomic E-state index is 0.0635. The third-order valence-electron chi connectivity index (χ3n) is 4.78. The molecular formula is C26H28FNO3. The third kappa shape index (κ3) is 5.85. The van der Waals surface area contributed by atoms with Crippen molar-refractivity contribution in [3.05, 3.63) is 89.2 Å². The number of hydrogen-bond donors (Lipinski definition) is 1. The summed E-state index contributed by atoms with van der Waals surface area (Å²) in [6.45, 7) is 9.07. The average molecular weight is 422 g/mol. The van der Waals surface area contributed by atoms with Crippen molar-refractivity contribution in [1.29, 1.82) is 0 Å². The van der Waals surface area contributed by atoms with Gasteiger partial charge in [-0.2, -0.15) is 0 Å². The Morgan fingerprint density at radius 1 is 0.935 bits per heavy atom. The zero-order valence-electron chi connectivity index (χ0n) is 18.4. The minimum atomic E-state index is -0.406. The molecular weight excluding hydrogens is 393 g/mol. The molecule has 3 aromatic carbocycles. The minimum Gasteiger partial charge on any atom is -0.493 e. The predicted octanol–water partition coefficient (Wildman–Crippen LogP) is 6.35. The lowest BCUT2D eigenvalue weighted by atomic mass is 9.86. The lowest BCUT2D eigenvalue weighted by Gasteiger charge is -2.23. The van der Waals surface area contributed by atoms with E-state index in [9.17, 15) is 9.18 Å². The van der Waals surface area contributed by atoms with E-state index in [4.69, 9.17) is 9.47 Å². The molecule has 5 heteroatoms. The van der Waals surface area contributed by atoms with E-state index in [1.165, 1.54) is 12.1 Å². The van der Waals surface area contributed by atoms with Crippen LogP contribution < -0.4 is 14.8 Å². The van der Waals surface area contributed by atoms with E-state index in [2.05, 4.69) is 32.2 Å². The van der Waals surface area contributed by atoms with E-state index in [0.29, 0.717) is 23.6 Å². The maximum Gasteiger partial charge on any atom is 0.255 e. The Morgan fingerprint density at radius 3 is 2.42 bits per heavy atom. The molecule has 3 rings (SSSR count). The van der Waals surface area contributed by atoms with Gasteiger partial charge in [-0.25, -0.2) is 4.39 Å². The van der Waals surface area contributed by atoms with Gasteiger partial charge in [0.05, 0.1) is 6.61 Å². The molecule has 0 atom stereocenters. The van der Waals surface area contributed by atoms with Crippen molar-refractivity contribution in [2.75, 3.05) is 11.9 Å². The van der Waals surface area contributed by atoms with Crippen LogP contribution in [0.5, 0.6) is 11.5 Å². The van der Waals surface area contributed by atoms with Gasteiger partial charge in [-0.1, -0.05) is 45.0 Å². The van der Waals surface area contributed by atoms with Gasteiger partial charge in [-0.15, -0.1) is 0 Å². The summed E-state index contributed by atoms with van der Waals surface area (Å²) in [7, 11) is 0. The van der Waals surface area contributed by atoms with Gasteiger partial charge in [-0.3, -0.25) is 4.79 Å². The number of ether oxygens (including phenoxy) is 2. The van der Waals surface area contributed by atoms with Crippen LogP contribution in [0.4, 0.5) is 10.1 Å². The van der Waals surface area contributed by atoms with Gasteiger partial charge < -0.3 is 14.8 Å². The molecule has 0 saturated carbocycles. The van der Waals surface area contributed by atoms with Gasteiger partial charge in [0, 0.05) is 16.8 Å². The van der Waals surface area contributed by atoms with Crippen LogP contribution in [0.15, 0.2) is 66.7 Å². The summed E-state index contributed by atoms with van der Waals surface area (Å²) in [6.07, 6.45) is 0. The van der Waals surface area contributed by atoms with E-state index in [1.807, 2.05) is 25.1 Å². The summed E-state index contributed by atoms with van der Waals surface area (Å²) in [4.78, 5) is 12.7. The fourth-order valence-corrected chi connectivity index (χ4v) is 3.27. The fraction of sp³-hybridized carbons (Fsp3) is 0.269. The number of nitrogens with one attached hydrogen (secondary N) is 1. The van der Waals surface area contributed by atoms with Crippen LogP contribution in [0.25, 0.3) is 0 Å². The smallest absolute Gasteiger partial charge is 0.255 e. The van der Waals surface area contributed by atoms with Gasteiger partial charge in [0.25, 0.3) is 5.91 Å². The molecule has 0 saturated heterocycles. The molecule has 1 amide bonds. The normalized spacial score (nSPS) is 11.1. The number of carbonyl (C=O) groups is 1. The van der Waals surface area contributed by atoms with Gasteiger partial charge >= 0.3 is 0 Å². The molecule has 3 aromatic rings. The summed E-state index contributed by atoms with van der Waals surface area (Å²) in [5.41, 5.74) is 2.64. The second kappa shape index (κ2) is 9.65. The number of amides is 1. The topological polar surface area (TPSA) is 47.6 Å². The summed E-state index contributed by atoms with van der Waals surface area (Å²) in [5, 5.41) is 2.72. The van der Waals surface area contributed by atoms with Gasteiger partial charge in [0.2, 0.25) is 0 Å². The van der Waals surface area contributed by atoms with Crippen molar-refractivity contribution < 1.29 is 18.7 Å². The first-order valence-electron chi connectivity index (χ1n) is 10.3. The first kappa shape index (κ1) is 22.3. The van der Waals surface area contributed by atoms with Crippen LogP contribution in [-0.2, 0) is 12.0 Å². The SMILES string of the molecule is CCOc1ccc(C(=O)Nc2cccc(F)c2)cc1COc1ccccc1C(C)(C)C. The fourth-order valence-electron chi connectivity index (χ4n) is 3.27. The van der Waals surface area contributed by atoms with Crippen molar-refractivity contribution >= 4 is 11.6 Å². The van der Waals surface area contributed by atoms with E-state index in [1.54, 1.807) is 30.3 Å². The Hall–Kier alpha value is -3.34. The van der Waals surface area contributed by atoms with Gasteiger partial charge in [0.15, 0.2) is 0 Å². The maximum absolute atomic E-state index is 13.4. The number of carbonyl (C=O) groups excluding carboxylic acids is 1. The first-order chi connectivity index (χ1) is 14.8. The number of rotatable bonds is 7. The number of halogens is 1. The van der Waals surface area contributed by atoms with E-state index in [0.717, 1.165) is 16.9 Å². The molecule has 0 unspecified atom stereocenters. The van der Waals surface area contributed by atoms with Crippen molar-refractivity contribution in [2.45, 2.75) is 39.7 Å². The lowest BCUT2D eigenvalue weighted by Crippen LogP contribution is -2.14. The number of benzene rings is 3. The zero-order valence-corrected chi connectivity index (χ0v) is 18.4. The number of hydrogen-bond acceptors (Lipinski definition) is 3. The molecule has 4 nitrogen and oxygen atoms in total. The van der Waals surface area contributed by atoms with Crippen molar-refractivity contribution in [1.82, 2.24) is 0 Å². The van der Waals surface area contributed by atoms with Crippen LogP contribution in [0.2, 0.25) is 0 Å². The second-order valence-corrected chi connectivity index (χ2v) is 8.25. The second-order valence-electron chi connectivity index (χ2n) is 8.25. The molecule has 31 heavy (non-hydrogen) atoms. The van der Waals surface area contributed by atoms with Gasteiger partial charge in [0.1, 0.15) is 23.9 Å².